The number of carboxylic acids is 1. The molecule has 0 unspecified atom stereocenters. The molecule has 2 aliphatic rings. The van der Waals surface area contributed by atoms with Crippen LogP contribution in [-0.2, 0) is 19.1 Å². The number of piperidine rings is 2. The first kappa shape index (κ1) is 36.7. The molecular formula is C30H39F2N5O10. The quantitative estimate of drug-likeness (QED) is 0.327. The fourth-order valence-corrected chi connectivity index (χ4v) is 4.93. The molecule has 1 aromatic heterocycles. The highest BCUT2D eigenvalue weighted by Crippen LogP contribution is 2.26. The number of rotatable bonds is 6. The number of oxazole rings is 1. The molecule has 2 saturated heterocycles. The second kappa shape index (κ2) is 15.7. The maximum absolute atomic E-state index is 14.0. The van der Waals surface area contributed by atoms with Gasteiger partial charge in [-0.15, -0.1) is 0 Å². The molecule has 15 nitrogen and oxygen atoms in total. The molecule has 17 heteroatoms. The van der Waals surface area contributed by atoms with Gasteiger partial charge in [0.2, 0.25) is 0 Å². The first-order valence-corrected chi connectivity index (χ1v) is 14.8. The van der Waals surface area contributed by atoms with Crippen molar-refractivity contribution in [3.63, 3.8) is 0 Å². The molecule has 2 aliphatic heterocycles. The van der Waals surface area contributed by atoms with Crippen LogP contribution >= 0.6 is 0 Å². The second-order valence-electron chi connectivity index (χ2n) is 11.9. The van der Waals surface area contributed by atoms with Gasteiger partial charge < -0.3 is 45.0 Å². The van der Waals surface area contributed by atoms with Crippen molar-refractivity contribution in [2.45, 2.75) is 58.2 Å². The minimum Gasteiger partial charge on any atom is -0.481 e. The van der Waals surface area contributed by atoms with Gasteiger partial charge in [-0.05, 0) is 52.7 Å². The van der Waals surface area contributed by atoms with Crippen molar-refractivity contribution in [3.8, 4) is 11.3 Å². The maximum atomic E-state index is 14.0. The Balaban J connectivity index is 0.000000386. The molecule has 0 aliphatic carbocycles. The number of carboxylic acid groups (broad SMARTS) is 2. The van der Waals surface area contributed by atoms with Crippen molar-refractivity contribution in [1.82, 2.24) is 20.1 Å². The number of nitrogens with zero attached hydrogens (tertiary/aromatic N) is 3. The Morgan fingerprint density at radius 3 is 2.32 bits per heavy atom. The zero-order valence-electron chi connectivity index (χ0n) is 26.4. The Hall–Kier alpha value is -4.80. The number of halogens is 2. The van der Waals surface area contributed by atoms with Gasteiger partial charge in [-0.3, -0.25) is 14.4 Å². The zero-order valence-corrected chi connectivity index (χ0v) is 26.4. The summed E-state index contributed by atoms with van der Waals surface area (Å²) in [5.74, 6) is -5.94. The number of benzene rings is 1. The van der Waals surface area contributed by atoms with Crippen LogP contribution in [0.4, 0.5) is 18.4 Å². The lowest BCUT2D eigenvalue weighted by atomic mass is 9.92. The highest BCUT2D eigenvalue weighted by molar-refractivity contribution is 5.91. The Bertz CT molecular complexity index is 1460. The molecule has 2 fully saturated rings. The van der Waals surface area contributed by atoms with Crippen LogP contribution in [-0.4, -0.2) is 105 Å². The normalized spacial score (nSPS) is 21.2. The van der Waals surface area contributed by atoms with Crippen molar-refractivity contribution in [2.75, 3.05) is 32.8 Å². The number of esters is 1. The largest absolute Gasteiger partial charge is 0.481 e. The summed E-state index contributed by atoms with van der Waals surface area (Å²) in [5, 5.41) is 20.0. The van der Waals surface area contributed by atoms with Crippen LogP contribution in [0.3, 0.4) is 0 Å². The van der Waals surface area contributed by atoms with E-state index in [0.29, 0.717) is 19.0 Å². The number of aliphatic carboxylic acids is 1. The molecule has 4 atom stereocenters. The van der Waals surface area contributed by atoms with E-state index in [2.05, 4.69) is 10.3 Å². The van der Waals surface area contributed by atoms with E-state index in [1.807, 2.05) is 0 Å². The van der Waals surface area contributed by atoms with E-state index in [9.17, 15) is 32.8 Å². The maximum Gasteiger partial charge on any atom is 0.410 e. The van der Waals surface area contributed by atoms with Crippen LogP contribution in [0.15, 0.2) is 28.8 Å². The van der Waals surface area contributed by atoms with E-state index in [1.54, 1.807) is 27.7 Å². The number of carbonyl (C=O) groups is 5. The predicted molar refractivity (Wildman–Crippen MR) is 159 cm³/mol. The number of nitrogens with one attached hydrogen (secondary N) is 1. The van der Waals surface area contributed by atoms with Crippen LogP contribution in [0.25, 0.3) is 11.3 Å². The van der Waals surface area contributed by atoms with Crippen molar-refractivity contribution >= 4 is 30.0 Å². The molecule has 0 bridgehead atoms. The second-order valence-corrected chi connectivity index (χ2v) is 11.9. The Morgan fingerprint density at radius 2 is 1.72 bits per heavy atom. The van der Waals surface area contributed by atoms with Gasteiger partial charge in [0, 0.05) is 44.3 Å². The number of hydrogen-bond acceptors (Lipinski definition) is 10. The van der Waals surface area contributed by atoms with Crippen molar-refractivity contribution < 1.29 is 56.9 Å². The van der Waals surface area contributed by atoms with Gasteiger partial charge in [0.25, 0.3) is 5.89 Å². The molecule has 0 radical (unpaired) electrons. The van der Waals surface area contributed by atoms with Crippen LogP contribution in [0.5, 0.6) is 0 Å². The lowest BCUT2D eigenvalue weighted by molar-refractivity contribution is -0.150. The van der Waals surface area contributed by atoms with E-state index < -0.39 is 71.2 Å². The molecule has 1 aromatic carbocycles. The highest BCUT2D eigenvalue weighted by Gasteiger charge is 2.40. The summed E-state index contributed by atoms with van der Waals surface area (Å²) in [6.45, 7) is 7.56. The van der Waals surface area contributed by atoms with Gasteiger partial charge in [0.15, 0.2) is 5.76 Å². The summed E-state index contributed by atoms with van der Waals surface area (Å²) in [7, 11) is 0. The molecule has 2 aromatic rings. The van der Waals surface area contributed by atoms with Gasteiger partial charge in [0.1, 0.15) is 17.2 Å². The summed E-state index contributed by atoms with van der Waals surface area (Å²) >= 11 is 0. The molecular weight excluding hydrogens is 628 g/mol. The Kier molecular flexibility index (Phi) is 12.2. The minimum absolute atomic E-state index is 0.00365. The molecule has 258 valence electrons. The van der Waals surface area contributed by atoms with Gasteiger partial charge in [-0.25, -0.2) is 23.4 Å². The third-order valence-electron chi connectivity index (χ3n) is 7.32. The average molecular weight is 668 g/mol. The van der Waals surface area contributed by atoms with Gasteiger partial charge in [-0.1, -0.05) is 0 Å². The van der Waals surface area contributed by atoms with E-state index in [4.69, 9.17) is 29.8 Å². The molecule has 0 saturated carbocycles. The van der Waals surface area contributed by atoms with Gasteiger partial charge >= 0.3 is 30.0 Å². The molecule has 3 heterocycles. The lowest BCUT2D eigenvalue weighted by Crippen LogP contribution is -2.55. The predicted octanol–water partition coefficient (Wildman–Crippen LogP) is 2.94. The molecule has 4 rings (SSSR count). The summed E-state index contributed by atoms with van der Waals surface area (Å²) in [4.78, 5) is 65.3. The van der Waals surface area contributed by atoms with E-state index >= 15 is 0 Å². The summed E-state index contributed by atoms with van der Waals surface area (Å²) in [5.41, 5.74) is 4.79. The van der Waals surface area contributed by atoms with Crippen LogP contribution in [0.1, 0.15) is 51.2 Å². The summed E-state index contributed by atoms with van der Waals surface area (Å²) in [6, 6.07) is 1.83. The fraction of sp³-hybridized carbons (Fsp3) is 0.533. The third-order valence-corrected chi connectivity index (χ3v) is 7.32. The van der Waals surface area contributed by atoms with Crippen molar-refractivity contribution in [1.29, 1.82) is 0 Å². The van der Waals surface area contributed by atoms with E-state index in [-0.39, 0.29) is 49.9 Å². The zero-order chi connectivity index (χ0) is 35.1. The van der Waals surface area contributed by atoms with Crippen LogP contribution in [0, 0.1) is 23.5 Å². The lowest BCUT2D eigenvalue weighted by Gasteiger charge is -2.37. The summed E-state index contributed by atoms with van der Waals surface area (Å²) in [6.07, 6.45) is 0.167. The smallest absolute Gasteiger partial charge is 0.410 e. The number of amides is 3. The fourth-order valence-electron chi connectivity index (χ4n) is 4.93. The standard InChI is InChI=1S/C23H27F2N3O6.C7H12N2O4/c1-5-32-21(30)15-12-28(22(31)34-23(2,3)4)9-8-17(15)27-19(29)20-26-11-18(33-20)14-7-6-13(24)10-16(14)25;8-5-1-2-9(7(12)13)3-4(5)6(10)11/h6-7,10-11,15,17H,5,8-9,12H2,1-4H3,(H,27,29);4-5H,1-3,8H2,(H,10,11)(H,12,13)/t15-,17+;4-,5+/m11/s1. The molecule has 0 spiro atoms. The van der Waals surface area contributed by atoms with Gasteiger partial charge in [-0.2, -0.15) is 0 Å². The SMILES string of the molecule is CCOC(=O)[C@@H]1CN(C(=O)OC(C)(C)C)CC[C@@H]1NC(=O)c1ncc(-c2ccc(F)cc2F)o1.N[C@H]1CCN(C(=O)O)C[C@H]1C(=O)O. The molecule has 3 amide bonds. The molecule has 5 N–H and O–H groups in total. The number of carbonyl (C=O) groups excluding carboxylic acids is 3. The van der Waals surface area contributed by atoms with E-state index in [0.717, 1.165) is 17.2 Å². The highest BCUT2D eigenvalue weighted by atomic mass is 19.1. The number of ether oxygens (including phenoxy) is 2. The topological polar surface area (TPSA) is 215 Å². The van der Waals surface area contributed by atoms with Gasteiger partial charge in [0.05, 0.1) is 30.2 Å². The Morgan fingerprint density at radius 1 is 1.06 bits per heavy atom. The third kappa shape index (κ3) is 10.1. The monoisotopic (exact) mass is 667 g/mol. The molecule has 47 heavy (non-hydrogen) atoms. The number of hydrogen-bond donors (Lipinski definition) is 4. The van der Waals surface area contributed by atoms with E-state index in [1.165, 1.54) is 11.0 Å². The average Bonchev–Trinajstić information content (AvgIpc) is 3.47. The Labute approximate surface area is 269 Å². The first-order chi connectivity index (χ1) is 22.0. The number of nitrogens with two attached hydrogens (primary N) is 1. The first-order valence-electron chi connectivity index (χ1n) is 14.8. The minimum atomic E-state index is -1.09. The summed E-state index contributed by atoms with van der Waals surface area (Å²) < 4.78 is 43.0. The van der Waals surface area contributed by atoms with Crippen molar-refractivity contribution in [2.24, 2.45) is 17.6 Å². The number of likely N-dealkylation sites (tertiary alicyclic amines) is 2. The van der Waals surface area contributed by atoms with Crippen LogP contribution < -0.4 is 11.1 Å². The van der Waals surface area contributed by atoms with Crippen LogP contribution in [0.2, 0.25) is 0 Å². The number of aromatic nitrogens is 1. The van der Waals surface area contributed by atoms with Crippen molar-refractivity contribution in [3.05, 3.63) is 41.9 Å².